The lowest BCUT2D eigenvalue weighted by atomic mass is 9.67. The van der Waals surface area contributed by atoms with E-state index in [2.05, 4.69) is 10.3 Å². The molecule has 5 rings (SSSR count). The van der Waals surface area contributed by atoms with Crippen molar-refractivity contribution in [1.82, 2.24) is 4.98 Å². The Morgan fingerprint density at radius 3 is 2.65 bits per heavy atom. The number of nitrogens with zero attached hydrogens (tertiary/aromatic N) is 3. The van der Waals surface area contributed by atoms with Crippen molar-refractivity contribution in [2.75, 3.05) is 29.9 Å². The highest BCUT2D eigenvalue weighted by Gasteiger charge is 2.43. The van der Waals surface area contributed by atoms with Crippen LogP contribution in [0.3, 0.4) is 0 Å². The Labute approximate surface area is 212 Å². The fourth-order valence-electron chi connectivity index (χ4n) is 5.44. The number of rotatable bonds is 4. The average Bonchev–Trinajstić information content (AvgIpc) is 2.88. The minimum Gasteiger partial charge on any atom is -0.478 e. The number of piperidine rings is 1. The van der Waals surface area contributed by atoms with Crippen molar-refractivity contribution in [1.29, 1.82) is 5.26 Å². The van der Waals surface area contributed by atoms with Gasteiger partial charge in [0, 0.05) is 42.4 Å². The molecule has 2 aliphatic heterocycles. The van der Waals surface area contributed by atoms with Gasteiger partial charge in [-0.15, -0.1) is 0 Å². The molecule has 3 heterocycles. The van der Waals surface area contributed by atoms with Gasteiger partial charge in [0.15, 0.2) is 0 Å². The SMILES string of the molecule is CCOc1ncccc1-c1ccc2c(c1)NC(=O)CC21CCN(c2ccc(C(F)(F)F)cc2C#N)CC1. The smallest absolute Gasteiger partial charge is 0.416 e. The van der Waals surface area contributed by atoms with Gasteiger partial charge in [0.05, 0.1) is 23.4 Å². The summed E-state index contributed by atoms with van der Waals surface area (Å²) >= 11 is 0. The van der Waals surface area contributed by atoms with E-state index in [9.17, 15) is 23.2 Å². The van der Waals surface area contributed by atoms with Gasteiger partial charge in [0.2, 0.25) is 11.8 Å². The zero-order chi connectivity index (χ0) is 26.2. The second-order valence-electron chi connectivity index (χ2n) is 9.38. The van der Waals surface area contributed by atoms with E-state index in [0.29, 0.717) is 50.5 Å². The number of aromatic nitrogens is 1. The van der Waals surface area contributed by atoms with E-state index in [-0.39, 0.29) is 16.9 Å². The molecule has 1 fully saturated rings. The molecule has 1 saturated heterocycles. The molecule has 190 valence electrons. The van der Waals surface area contributed by atoms with Gasteiger partial charge in [0.1, 0.15) is 6.07 Å². The molecule has 0 bridgehead atoms. The first-order chi connectivity index (χ1) is 17.7. The van der Waals surface area contributed by atoms with Crippen LogP contribution in [0.1, 0.15) is 42.9 Å². The summed E-state index contributed by atoms with van der Waals surface area (Å²) in [4.78, 5) is 19.1. The average molecular weight is 507 g/mol. The van der Waals surface area contributed by atoms with E-state index in [1.54, 1.807) is 6.20 Å². The Morgan fingerprint density at radius 2 is 1.95 bits per heavy atom. The second-order valence-corrected chi connectivity index (χ2v) is 9.38. The molecule has 6 nitrogen and oxygen atoms in total. The van der Waals surface area contributed by atoms with Crippen molar-refractivity contribution < 1.29 is 22.7 Å². The second kappa shape index (κ2) is 9.43. The van der Waals surface area contributed by atoms with Crippen LogP contribution < -0.4 is 15.0 Å². The molecule has 3 aromatic rings. The number of fused-ring (bicyclic) bond motifs is 2. The molecule has 0 unspecified atom stereocenters. The van der Waals surface area contributed by atoms with Crippen molar-refractivity contribution in [2.45, 2.75) is 37.8 Å². The Morgan fingerprint density at radius 1 is 1.16 bits per heavy atom. The van der Waals surface area contributed by atoms with Gasteiger partial charge in [-0.3, -0.25) is 4.79 Å². The summed E-state index contributed by atoms with van der Waals surface area (Å²) in [5.41, 5.74) is 2.78. The lowest BCUT2D eigenvalue weighted by Gasteiger charge is -2.45. The number of carbonyl (C=O) groups excluding carboxylic acids is 1. The predicted octanol–water partition coefficient (Wildman–Crippen LogP) is 5.92. The molecule has 1 aromatic heterocycles. The van der Waals surface area contributed by atoms with Crippen LogP contribution in [0.5, 0.6) is 5.88 Å². The maximum absolute atomic E-state index is 13.1. The Balaban J connectivity index is 1.43. The number of ether oxygens (including phenoxy) is 1. The third kappa shape index (κ3) is 4.59. The van der Waals surface area contributed by atoms with Gasteiger partial charge in [-0.1, -0.05) is 12.1 Å². The molecule has 37 heavy (non-hydrogen) atoms. The number of benzene rings is 2. The number of alkyl halides is 3. The maximum Gasteiger partial charge on any atom is 0.416 e. The van der Waals surface area contributed by atoms with E-state index in [1.807, 2.05) is 48.2 Å². The van der Waals surface area contributed by atoms with Crippen LogP contribution in [0.2, 0.25) is 0 Å². The molecular formula is C28H25F3N4O2. The Kier molecular flexibility index (Phi) is 6.28. The molecule has 1 spiro atoms. The standard InChI is InChI=1S/C28H25F3N4O2/c1-2-37-26-21(4-3-11-33-26)18-5-7-22-23(15-18)34-25(36)16-27(22)9-12-35(13-10-27)24-8-6-20(28(29,30)31)14-19(24)17-32/h3-8,11,14-15H,2,9-10,12-13,16H2,1H3,(H,34,36). The zero-order valence-corrected chi connectivity index (χ0v) is 20.2. The summed E-state index contributed by atoms with van der Waals surface area (Å²) in [6.07, 6.45) is -1.23. The monoisotopic (exact) mass is 506 g/mol. The van der Waals surface area contributed by atoms with Crippen molar-refractivity contribution in [3.8, 4) is 23.1 Å². The molecular weight excluding hydrogens is 481 g/mol. The first kappa shape index (κ1) is 24.6. The van der Waals surface area contributed by atoms with E-state index in [0.717, 1.165) is 34.5 Å². The van der Waals surface area contributed by atoms with Crippen molar-refractivity contribution in [3.05, 3.63) is 71.4 Å². The summed E-state index contributed by atoms with van der Waals surface area (Å²) in [6.45, 7) is 3.42. The number of halogens is 3. The minimum atomic E-state index is -4.51. The summed E-state index contributed by atoms with van der Waals surface area (Å²) in [6, 6.07) is 15.0. The Bertz CT molecular complexity index is 1390. The van der Waals surface area contributed by atoms with E-state index >= 15 is 0 Å². The quantitative estimate of drug-likeness (QED) is 0.475. The van der Waals surface area contributed by atoms with Crippen molar-refractivity contribution in [3.63, 3.8) is 0 Å². The van der Waals surface area contributed by atoms with Crippen molar-refractivity contribution >= 4 is 17.3 Å². The van der Waals surface area contributed by atoms with E-state index in [1.165, 1.54) is 6.07 Å². The van der Waals surface area contributed by atoms with Crippen LogP contribution >= 0.6 is 0 Å². The number of amides is 1. The molecule has 9 heteroatoms. The molecule has 1 amide bonds. The molecule has 0 aliphatic carbocycles. The first-order valence-corrected chi connectivity index (χ1v) is 12.1. The van der Waals surface area contributed by atoms with Gasteiger partial charge in [-0.2, -0.15) is 18.4 Å². The van der Waals surface area contributed by atoms with Crippen LogP contribution in [0.15, 0.2) is 54.7 Å². The number of hydrogen-bond acceptors (Lipinski definition) is 5. The molecule has 0 radical (unpaired) electrons. The van der Waals surface area contributed by atoms with Gasteiger partial charge < -0.3 is 15.0 Å². The fourth-order valence-corrected chi connectivity index (χ4v) is 5.44. The lowest BCUT2D eigenvalue weighted by molar-refractivity contribution is -0.137. The predicted molar refractivity (Wildman–Crippen MR) is 133 cm³/mol. The molecule has 1 N–H and O–H groups in total. The van der Waals surface area contributed by atoms with E-state index in [4.69, 9.17) is 4.74 Å². The zero-order valence-electron chi connectivity index (χ0n) is 20.2. The van der Waals surface area contributed by atoms with Gasteiger partial charge in [0.25, 0.3) is 0 Å². The lowest BCUT2D eigenvalue weighted by Crippen LogP contribution is -2.47. The minimum absolute atomic E-state index is 0.00113. The van der Waals surface area contributed by atoms with Crippen LogP contribution in [-0.4, -0.2) is 30.6 Å². The van der Waals surface area contributed by atoms with Crippen LogP contribution in [-0.2, 0) is 16.4 Å². The topological polar surface area (TPSA) is 78.2 Å². The third-order valence-electron chi connectivity index (χ3n) is 7.23. The molecule has 2 aliphatic rings. The van der Waals surface area contributed by atoms with Crippen LogP contribution in [0.4, 0.5) is 24.5 Å². The number of nitriles is 1. The number of nitrogens with one attached hydrogen (secondary N) is 1. The van der Waals surface area contributed by atoms with Gasteiger partial charge in [-0.25, -0.2) is 4.98 Å². The van der Waals surface area contributed by atoms with Gasteiger partial charge >= 0.3 is 6.18 Å². The fraction of sp³-hybridized carbons (Fsp3) is 0.321. The van der Waals surface area contributed by atoms with E-state index < -0.39 is 11.7 Å². The highest BCUT2D eigenvalue weighted by Crippen LogP contribution is 2.47. The highest BCUT2D eigenvalue weighted by atomic mass is 19.4. The highest BCUT2D eigenvalue weighted by molar-refractivity contribution is 5.96. The summed E-state index contributed by atoms with van der Waals surface area (Å²) in [5.74, 6) is 0.460. The summed E-state index contributed by atoms with van der Waals surface area (Å²) < 4.78 is 45.0. The van der Waals surface area contributed by atoms with Crippen LogP contribution in [0, 0.1) is 11.3 Å². The largest absolute Gasteiger partial charge is 0.478 e. The number of carbonyl (C=O) groups is 1. The molecule has 0 saturated carbocycles. The first-order valence-electron chi connectivity index (χ1n) is 12.1. The molecule has 0 atom stereocenters. The number of anilines is 2. The third-order valence-corrected chi connectivity index (χ3v) is 7.23. The van der Waals surface area contributed by atoms with Crippen LogP contribution in [0.25, 0.3) is 11.1 Å². The normalized spacial score (nSPS) is 16.6. The van der Waals surface area contributed by atoms with Gasteiger partial charge in [-0.05, 0) is 67.3 Å². The van der Waals surface area contributed by atoms with Crippen molar-refractivity contribution in [2.24, 2.45) is 0 Å². The maximum atomic E-state index is 13.1. The Hall–Kier alpha value is -4.06. The number of hydrogen-bond donors (Lipinski definition) is 1. The summed E-state index contributed by atoms with van der Waals surface area (Å²) in [7, 11) is 0. The molecule has 2 aromatic carbocycles. The number of pyridine rings is 1. The summed E-state index contributed by atoms with van der Waals surface area (Å²) in [5, 5.41) is 12.5.